The molecule has 1 rings (SSSR count). The maximum absolute atomic E-state index is 9.03. The van der Waals surface area contributed by atoms with Gasteiger partial charge < -0.3 is 9.84 Å². The van der Waals surface area contributed by atoms with Crippen molar-refractivity contribution in [2.24, 2.45) is 5.73 Å². The number of benzene rings is 1. The average Bonchev–Trinajstić information content (AvgIpc) is 2.06. The third kappa shape index (κ3) is 2.53. The number of hydrogen-bond donors (Lipinski definition) is 2. The fraction of sp³-hybridized carbons (Fsp3) is 0.333. The van der Waals surface area contributed by atoms with E-state index < -0.39 is 12.3 Å². The zero-order valence-electron chi connectivity index (χ0n) is 6.97. The van der Waals surface area contributed by atoms with Crippen molar-refractivity contribution in [1.82, 2.24) is 0 Å². The minimum Gasteiger partial charge on any atom is -0.473 e. The third-order valence-corrected chi connectivity index (χ3v) is 1.49. The number of aliphatic hydroxyl groups excluding tert-OH is 1. The van der Waals surface area contributed by atoms with Gasteiger partial charge in [-0.2, -0.15) is 0 Å². The van der Waals surface area contributed by atoms with E-state index in [4.69, 9.17) is 15.6 Å². The van der Waals surface area contributed by atoms with Gasteiger partial charge in [-0.1, -0.05) is 18.2 Å². The van der Waals surface area contributed by atoms with E-state index in [1.807, 2.05) is 18.2 Å². The van der Waals surface area contributed by atoms with Gasteiger partial charge in [-0.25, -0.2) is 0 Å². The molecule has 0 fully saturated rings. The molecule has 66 valence electrons. The van der Waals surface area contributed by atoms with Crippen LogP contribution < -0.4 is 10.5 Å². The molecule has 0 saturated carbocycles. The molecule has 0 spiro atoms. The standard InChI is InChI=1S/C9H13NO2/c1-7(11)9(10)12-8-5-3-2-4-6-8/h2-7,9,11H,10H2,1H3. The summed E-state index contributed by atoms with van der Waals surface area (Å²) in [4.78, 5) is 0. The van der Waals surface area contributed by atoms with E-state index in [0.717, 1.165) is 0 Å². The Kier molecular flexibility index (Phi) is 3.08. The lowest BCUT2D eigenvalue weighted by molar-refractivity contribution is 0.0528. The Hall–Kier alpha value is -1.06. The molecule has 0 aliphatic heterocycles. The van der Waals surface area contributed by atoms with Gasteiger partial charge >= 0.3 is 0 Å². The fourth-order valence-electron chi connectivity index (χ4n) is 0.755. The molecule has 0 heterocycles. The van der Waals surface area contributed by atoms with Crippen molar-refractivity contribution in [3.05, 3.63) is 30.3 Å². The monoisotopic (exact) mass is 167 g/mol. The summed E-state index contributed by atoms with van der Waals surface area (Å²) in [6, 6.07) is 9.18. The van der Waals surface area contributed by atoms with Crippen LogP contribution in [0.5, 0.6) is 5.75 Å². The Labute approximate surface area is 71.8 Å². The number of hydrogen-bond acceptors (Lipinski definition) is 3. The molecule has 3 heteroatoms. The quantitative estimate of drug-likeness (QED) is 0.652. The molecule has 0 aliphatic rings. The first kappa shape index (κ1) is 9.03. The zero-order chi connectivity index (χ0) is 8.97. The molecule has 0 bridgehead atoms. The lowest BCUT2D eigenvalue weighted by atomic mass is 10.3. The molecule has 3 N–H and O–H groups in total. The molecule has 1 aromatic rings. The molecule has 12 heavy (non-hydrogen) atoms. The van der Waals surface area contributed by atoms with Crippen molar-refractivity contribution in [3.63, 3.8) is 0 Å². The minimum atomic E-state index is -0.662. The molecule has 0 saturated heterocycles. The largest absolute Gasteiger partial charge is 0.473 e. The second-order valence-electron chi connectivity index (χ2n) is 2.64. The van der Waals surface area contributed by atoms with Crippen LogP contribution in [0.3, 0.4) is 0 Å². The lowest BCUT2D eigenvalue weighted by Crippen LogP contribution is -2.37. The van der Waals surface area contributed by atoms with E-state index in [0.29, 0.717) is 5.75 Å². The Morgan fingerprint density at radius 1 is 1.33 bits per heavy atom. The van der Waals surface area contributed by atoms with Crippen LogP contribution in [0, 0.1) is 0 Å². The number of ether oxygens (including phenoxy) is 1. The highest BCUT2D eigenvalue weighted by atomic mass is 16.5. The van der Waals surface area contributed by atoms with Crippen molar-refractivity contribution in [1.29, 1.82) is 0 Å². The molecule has 1 aromatic carbocycles. The maximum atomic E-state index is 9.03. The van der Waals surface area contributed by atoms with Crippen molar-refractivity contribution in [3.8, 4) is 5.75 Å². The van der Waals surface area contributed by atoms with E-state index in [-0.39, 0.29) is 0 Å². The summed E-state index contributed by atoms with van der Waals surface area (Å²) in [7, 11) is 0. The molecule has 3 nitrogen and oxygen atoms in total. The molecule has 2 atom stereocenters. The van der Waals surface area contributed by atoms with Gasteiger partial charge in [0, 0.05) is 0 Å². The summed E-state index contributed by atoms with van der Waals surface area (Å²) in [6.45, 7) is 1.59. The molecule has 0 aliphatic carbocycles. The van der Waals surface area contributed by atoms with Crippen molar-refractivity contribution in [2.45, 2.75) is 19.3 Å². The van der Waals surface area contributed by atoms with E-state index in [1.54, 1.807) is 19.1 Å². The summed E-state index contributed by atoms with van der Waals surface area (Å²) >= 11 is 0. The summed E-state index contributed by atoms with van der Waals surface area (Å²) in [5, 5.41) is 9.03. The Balaban J connectivity index is 2.53. The normalized spacial score (nSPS) is 15.2. The topological polar surface area (TPSA) is 55.5 Å². The lowest BCUT2D eigenvalue weighted by Gasteiger charge is -2.16. The zero-order valence-corrected chi connectivity index (χ0v) is 6.97. The highest BCUT2D eigenvalue weighted by molar-refractivity contribution is 5.21. The van der Waals surface area contributed by atoms with Crippen molar-refractivity contribution in [2.75, 3.05) is 0 Å². The van der Waals surface area contributed by atoms with Crippen molar-refractivity contribution < 1.29 is 9.84 Å². The molecular weight excluding hydrogens is 154 g/mol. The summed E-state index contributed by atoms with van der Waals surface area (Å²) < 4.78 is 5.20. The van der Waals surface area contributed by atoms with Gasteiger partial charge in [-0.05, 0) is 19.1 Å². The number of rotatable bonds is 3. The van der Waals surface area contributed by atoms with Crippen LogP contribution >= 0.6 is 0 Å². The van der Waals surface area contributed by atoms with Crippen molar-refractivity contribution >= 4 is 0 Å². The summed E-state index contributed by atoms with van der Waals surface area (Å²) in [5.74, 6) is 0.672. The number of aliphatic hydroxyl groups is 1. The van der Waals surface area contributed by atoms with Gasteiger partial charge in [0.1, 0.15) is 11.9 Å². The number of para-hydroxylation sites is 1. The van der Waals surface area contributed by atoms with Gasteiger partial charge in [-0.15, -0.1) is 0 Å². The SMILES string of the molecule is CC(O)C(N)Oc1ccccc1. The molecular formula is C9H13NO2. The van der Waals surface area contributed by atoms with Crippen LogP contribution in [0.1, 0.15) is 6.92 Å². The van der Waals surface area contributed by atoms with Gasteiger partial charge in [0.2, 0.25) is 0 Å². The summed E-state index contributed by atoms with van der Waals surface area (Å²) in [5.41, 5.74) is 5.48. The highest BCUT2D eigenvalue weighted by Crippen LogP contribution is 2.10. The predicted octanol–water partition coefficient (Wildman–Crippen LogP) is 0.731. The third-order valence-electron chi connectivity index (χ3n) is 1.49. The fourth-order valence-corrected chi connectivity index (χ4v) is 0.755. The summed E-state index contributed by atoms with van der Waals surface area (Å²) in [6.07, 6.45) is -1.32. The molecule has 0 aromatic heterocycles. The highest BCUT2D eigenvalue weighted by Gasteiger charge is 2.09. The average molecular weight is 167 g/mol. The van der Waals surface area contributed by atoms with Gasteiger partial charge in [-0.3, -0.25) is 5.73 Å². The van der Waals surface area contributed by atoms with Gasteiger partial charge in [0.25, 0.3) is 0 Å². The first-order valence-electron chi connectivity index (χ1n) is 3.85. The van der Waals surface area contributed by atoms with Crippen LogP contribution in [-0.2, 0) is 0 Å². The first-order valence-corrected chi connectivity index (χ1v) is 3.85. The van der Waals surface area contributed by atoms with E-state index >= 15 is 0 Å². The van der Waals surface area contributed by atoms with Crippen LogP contribution in [0.15, 0.2) is 30.3 Å². The minimum absolute atomic E-state index is 0.660. The number of nitrogens with two attached hydrogens (primary N) is 1. The Bertz CT molecular complexity index is 223. The van der Waals surface area contributed by atoms with Crippen LogP contribution in [0.2, 0.25) is 0 Å². The molecule has 0 amide bonds. The van der Waals surface area contributed by atoms with Gasteiger partial charge in [0.05, 0.1) is 0 Å². The van der Waals surface area contributed by atoms with Crippen LogP contribution in [0.25, 0.3) is 0 Å². The van der Waals surface area contributed by atoms with Crippen LogP contribution in [0.4, 0.5) is 0 Å². The maximum Gasteiger partial charge on any atom is 0.173 e. The smallest absolute Gasteiger partial charge is 0.173 e. The second kappa shape index (κ2) is 4.09. The first-order chi connectivity index (χ1) is 5.70. The Morgan fingerprint density at radius 3 is 2.42 bits per heavy atom. The predicted molar refractivity (Wildman–Crippen MR) is 46.7 cm³/mol. The van der Waals surface area contributed by atoms with Gasteiger partial charge in [0.15, 0.2) is 6.23 Å². The van der Waals surface area contributed by atoms with E-state index in [9.17, 15) is 0 Å². The Morgan fingerprint density at radius 2 is 1.92 bits per heavy atom. The molecule has 0 radical (unpaired) electrons. The van der Waals surface area contributed by atoms with E-state index in [2.05, 4.69) is 0 Å². The molecule has 2 unspecified atom stereocenters. The van der Waals surface area contributed by atoms with Crippen LogP contribution in [-0.4, -0.2) is 17.4 Å². The second-order valence-corrected chi connectivity index (χ2v) is 2.64. The van der Waals surface area contributed by atoms with E-state index in [1.165, 1.54) is 0 Å².